The molecule has 0 aromatic heterocycles. The number of Topliss-reactive ketones (excluding diaryl/α,β-unsaturated/α-hetero) is 1. The SMILES string of the molecule is COc1ccc(C=CC(=O)OCC2OC(OC(CCc3ccc(O)cc3)CC(=O)CCc3ccc(O)cc3)C(O)C(O)C2O)cc1OC. The van der Waals surface area contributed by atoms with Gasteiger partial charge in [0.2, 0.25) is 0 Å². The number of phenols is 2. The first-order valence-corrected chi connectivity index (χ1v) is 15.6. The Labute approximate surface area is 278 Å². The van der Waals surface area contributed by atoms with Crippen LogP contribution in [0.4, 0.5) is 0 Å². The fourth-order valence-electron chi connectivity index (χ4n) is 5.20. The van der Waals surface area contributed by atoms with Crippen LogP contribution in [-0.4, -0.2) is 94.9 Å². The molecule has 12 heteroatoms. The summed E-state index contributed by atoms with van der Waals surface area (Å²) >= 11 is 0. The van der Waals surface area contributed by atoms with Crippen LogP contribution in [0.25, 0.3) is 6.08 Å². The molecule has 0 saturated carbocycles. The molecule has 1 heterocycles. The minimum Gasteiger partial charge on any atom is -0.508 e. The highest BCUT2D eigenvalue weighted by atomic mass is 16.7. The summed E-state index contributed by atoms with van der Waals surface area (Å²) in [6.07, 6.45) is -4.24. The predicted octanol–water partition coefficient (Wildman–Crippen LogP) is 3.09. The van der Waals surface area contributed by atoms with Crippen LogP contribution in [0, 0.1) is 0 Å². The Morgan fingerprint density at radius 3 is 2.06 bits per heavy atom. The predicted molar refractivity (Wildman–Crippen MR) is 174 cm³/mol. The number of aliphatic hydroxyl groups excluding tert-OH is 3. The minimum atomic E-state index is -1.68. The molecule has 3 aromatic carbocycles. The van der Waals surface area contributed by atoms with E-state index in [1.807, 2.05) is 0 Å². The van der Waals surface area contributed by atoms with Gasteiger partial charge in [0.05, 0.1) is 20.3 Å². The molecule has 6 unspecified atom stereocenters. The average molecular weight is 667 g/mol. The molecule has 258 valence electrons. The van der Waals surface area contributed by atoms with E-state index in [-0.39, 0.29) is 30.1 Å². The van der Waals surface area contributed by atoms with Crippen LogP contribution in [0.2, 0.25) is 0 Å². The third kappa shape index (κ3) is 10.5. The van der Waals surface area contributed by atoms with E-state index in [0.717, 1.165) is 11.1 Å². The number of ketones is 1. The highest BCUT2D eigenvalue weighted by Gasteiger charge is 2.45. The van der Waals surface area contributed by atoms with Crippen molar-refractivity contribution in [2.45, 2.75) is 68.9 Å². The third-order valence-corrected chi connectivity index (χ3v) is 7.98. The van der Waals surface area contributed by atoms with Gasteiger partial charge in [-0.2, -0.15) is 0 Å². The number of aromatic hydroxyl groups is 2. The van der Waals surface area contributed by atoms with E-state index in [1.54, 1.807) is 66.7 Å². The first kappa shape index (κ1) is 36.4. The number of aliphatic hydroxyl groups is 3. The lowest BCUT2D eigenvalue weighted by atomic mass is 9.98. The van der Waals surface area contributed by atoms with Crippen LogP contribution in [0.1, 0.15) is 36.0 Å². The zero-order chi connectivity index (χ0) is 34.6. The minimum absolute atomic E-state index is 0.0258. The Bertz CT molecular complexity index is 1500. The Morgan fingerprint density at radius 1 is 0.812 bits per heavy atom. The van der Waals surface area contributed by atoms with Gasteiger partial charge in [0.1, 0.15) is 48.3 Å². The van der Waals surface area contributed by atoms with E-state index in [9.17, 15) is 35.1 Å². The lowest BCUT2D eigenvalue weighted by molar-refractivity contribution is -0.311. The number of esters is 1. The van der Waals surface area contributed by atoms with Crippen LogP contribution >= 0.6 is 0 Å². The fraction of sp³-hybridized carbons (Fsp3) is 0.389. The summed E-state index contributed by atoms with van der Waals surface area (Å²) in [6, 6.07) is 18.2. The van der Waals surface area contributed by atoms with Crippen molar-refractivity contribution in [1.29, 1.82) is 0 Å². The molecule has 1 aliphatic rings. The monoisotopic (exact) mass is 666 g/mol. The van der Waals surface area contributed by atoms with Crippen molar-refractivity contribution in [1.82, 2.24) is 0 Å². The summed E-state index contributed by atoms with van der Waals surface area (Å²) in [7, 11) is 3.00. The van der Waals surface area contributed by atoms with Crippen molar-refractivity contribution in [3.63, 3.8) is 0 Å². The lowest BCUT2D eigenvalue weighted by Gasteiger charge is -2.41. The summed E-state index contributed by atoms with van der Waals surface area (Å²) in [5.74, 6) is 0.390. The molecule has 0 amide bonds. The van der Waals surface area contributed by atoms with Crippen LogP contribution in [0.5, 0.6) is 23.0 Å². The number of methoxy groups -OCH3 is 2. The zero-order valence-corrected chi connectivity index (χ0v) is 26.8. The van der Waals surface area contributed by atoms with Gasteiger partial charge in [-0.3, -0.25) is 4.79 Å². The van der Waals surface area contributed by atoms with Gasteiger partial charge < -0.3 is 49.2 Å². The van der Waals surface area contributed by atoms with E-state index < -0.39 is 49.4 Å². The van der Waals surface area contributed by atoms with Gasteiger partial charge >= 0.3 is 5.97 Å². The van der Waals surface area contributed by atoms with E-state index in [0.29, 0.717) is 36.3 Å². The highest BCUT2D eigenvalue weighted by Crippen LogP contribution is 2.29. The number of hydrogen-bond acceptors (Lipinski definition) is 12. The van der Waals surface area contributed by atoms with Crippen molar-refractivity contribution in [2.24, 2.45) is 0 Å². The second-order valence-corrected chi connectivity index (χ2v) is 11.5. The van der Waals surface area contributed by atoms with Crippen LogP contribution in [-0.2, 0) is 36.6 Å². The molecule has 3 aromatic rings. The topological polar surface area (TPSA) is 181 Å². The molecule has 0 bridgehead atoms. The van der Waals surface area contributed by atoms with Crippen molar-refractivity contribution in [3.05, 3.63) is 89.5 Å². The normalized spacial score (nSPS) is 21.5. The molecule has 0 spiro atoms. The van der Waals surface area contributed by atoms with Crippen molar-refractivity contribution in [3.8, 4) is 23.0 Å². The number of aryl methyl sites for hydroxylation is 2. The smallest absolute Gasteiger partial charge is 0.330 e. The Morgan fingerprint density at radius 2 is 1.44 bits per heavy atom. The first-order valence-electron chi connectivity index (χ1n) is 15.6. The molecule has 0 aliphatic carbocycles. The molecule has 1 fully saturated rings. The van der Waals surface area contributed by atoms with Gasteiger partial charge in [-0.25, -0.2) is 4.79 Å². The van der Waals surface area contributed by atoms with Gasteiger partial charge in [0.15, 0.2) is 17.8 Å². The van der Waals surface area contributed by atoms with Gasteiger partial charge in [-0.15, -0.1) is 0 Å². The van der Waals surface area contributed by atoms with Gasteiger partial charge in [-0.05, 0) is 78.4 Å². The summed E-state index contributed by atoms with van der Waals surface area (Å²) in [4.78, 5) is 25.5. The molecule has 1 aliphatic heterocycles. The van der Waals surface area contributed by atoms with E-state index in [4.69, 9.17) is 23.7 Å². The van der Waals surface area contributed by atoms with Gasteiger partial charge in [-0.1, -0.05) is 30.3 Å². The van der Waals surface area contributed by atoms with E-state index in [2.05, 4.69) is 0 Å². The van der Waals surface area contributed by atoms with E-state index >= 15 is 0 Å². The number of benzene rings is 3. The second kappa shape index (κ2) is 17.6. The van der Waals surface area contributed by atoms with Gasteiger partial charge in [0.25, 0.3) is 0 Å². The number of carbonyl (C=O) groups is 2. The Hall–Kier alpha value is -4.46. The second-order valence-electron chi connectivity index (χ2n) is 11.5. The maximum atomic E-state index is 13.0. The highest BCUT2D eigenvalue weighted by molar-refractivity contribution is 5.87. The molecular formula is C36H42O12. The average Bonchev–Trinajstić information content (AvgIpc) is 3.09. The number of carbonyl (C=O) groups excluding carboxylic acids is 2. The zero-order valence-electron chi connectivity index (χ0n) is 26.8. The maximum absolute atomic E-state index is 13.0. The lowest BCUT2D eigenvalue weighted by Crippen LogP contribution is -2.60. The molecule has 4 rings (SSSR count). The third-order valence-electron chi connectivity index (χ3n) is 7.98. The van der Waals surface area contributed by atoms with Crippen LogP contribution in [0.15, 0.2) is 72.8 Å². The number of phenolic OH excluding ortho intramolecular Hbond substituents is 2. The van der Waals surface area contributed by atoms with Crippen molar-refractivity contribution in [2.75, 3.05) is 20.8 Å². The molecule has 1 saturated heterocycles. The Kier molecular flexibility index (Phi) is 13.4. The quantitative estimate of drug-likeness (QED) is 0.112. The fourth-order valence-corrected chi connectivity index (χ4v) is 5.20. The first-order chi connectivity index (χ1) is 23.1. The maximum Gasteiger partial charge on any atom is 0.330 e. The largest absolute Gasteiger partial charge is 0.508 e. The summed E-state index contributed by atoms with van der Waals surface area (Å²) in [5.41, 5.74) is 2.40. The Balaban J connectivity index is 1.38. The molecule has 0 radical (unpaired) electrons. The summed E-state index contributed by atoms with van der Waals surface area (Å²) in [5, 5.41) is 51.1. The standard InChI is InChI=1S/C36H42O12/c1-44-29-17-9-24(19-30(29)45-2)10-18-32(40)46-21-31-33(41)34(42)35(43)36(48-31)47-28(16-8-23-5-13-26(38)14-6-23)20-27(39)15-7-22-3-11-25(37)12-4-22/h3-6,9-14,17-19,28,31,33-38,41-43H,7-8,15-16,20-21H2,1-2H3. The van der Waals surface area contributed by atoms with Crippen LogP contribution in [0.3, 0.4) is 0 Å². The number of rotatable bonds is 16. The van der Waals surface area contributed by atoms with E-state index in [1.165, 1.54) is 26.4 Å². The number of ether oxygens (including phenoxy) is 5. The van der Waals surface area contributed by atoms with Crippen LogP contribution < -0.4 is 9.47 Å². The number of hydrogen-bond donors (Lipinski definition) is 5. The van der Waals surface area contributed by atoms with Gasteiger partial charge in [0, 0.05) is 18.9 Å². The summed E-state index contributed by atoms with van der Waals surface area (Å²) < 4.78 is 27.6. The van der Waals surface area contributed by atoms with Crippen molar-refractivity contribution >= 4 is 17.8 Å². The van der Waals surface area contributed by atoms with Crippen molar-refractivity contribution < 1.29 is 58.8 Å². The molecule has 12 nitrogen and oxygen atoms in total. The molecular weight excluding hydrogens is 624 g/mol. The molecule has 5 N–H and O–H groups in total. The molecule has 6 atom stereocenters. The summed E-state index contributed by atoms with van der Waals surface area (Å²) in [6.45, 7) is -0.455. The molecule has 48 heavy (non-hydrogen) atoms.